The molecule has 1 aliphatic carbocycles. The third kappa shape index (κ3) is 3.55. The van der Waals surface area contributed by atoms with E-state index in [4.69, 9.17) is 0 Å². The second kappa shape index (κ2) is 7.55. The molecule has 2 saturated heterocycles. The molecule has 0 aromatic heterocycles. The average Bonchev–Trinajstić information content (AvgIpc) is 3.26. The van der Waals surface area contributed by atoms with E-state index in [0.717, 1.165) is 12.8 Å². The minimum atomic E-state index is -3.31. The monoisotopic (exact) mass is 393 g/mol. The van der Waals surface area contributed by atoms with Gasteiger partial charge in [0.05, 0.1) is 15.9 Å². The van der Waals surface area contributed by atoms with Crippen molar-refractivity contribution in [3.8, 4) is 0 Å². The van der Waals surface area contributed by atoms with E-state index in [1.165, 1.54) is 25.7 Å². The van der Waals surface area contributed by atoms with Gasteiger partial charge in [0.25, 0.3) is 0 Å². The van der Waals surface area contributed by atoms with Crippen LogP contribution in [0.4, 0.5) is 0 Å². The number of rotatable bonds is 5. The number of hydrogen-bond acceptors (Lipinski definition) is 4. The summed E-state index contributed by atoms with van der Waals surface area (Å²) in [4.78, 5) is 15.3. The van der Waals surface area contributed by atoms with E-state index in [-0.39, 0.29) is 23.2 Å². The molecule has 4 rings (SSSR count). The Morgan fingerprint density at radius 1 is 1.00 bits per heavy atom. The minimum absolute atomic E-state index is 0.105. The van der Waals surface area contributed by atoms with E-state index in [1.807, 2.05) is 22.7 Å². The number of piperidine rings is 1. The van der Waals surface area contributed by atoms with Crippen molar-refractivity contribution in [1.29, 1.82) is 0 Å². The fraction of sp³-hybridized carbons (Fsp3) is 0.650. The summed E-state index contributed by atoms with van der Waals surface area (Å²) in [6.45, 7) is 0. The van der Waals surface area contributed by atoms with Gasteiger partial charge < -0.3 is 4.90 Å². The second-order valence-corrected chi connectivity index (χ2v) is 11.4. The van der Waals surface area contributed by atoms with Gasteiger partial charge in [-0.1, -0.05) is 31.0 Å². The van der Waals surface area contributed by atoms with Gasteiger partial charge in [-0.2, -0.15) is 0 Å². The number of hydrogen-bond donors (Lipinski definition) is 0. The molecule has 0 spiro atoms. The lowest BCUT2D eigenvalue weighted by molar-refractivity contribution is -0.132. The zero-order chi connectivity index (χ0) is 18.1. The number of nitrogens with zero attached hydrogens (tertiary/aromatic N) is 1. The maximum Gasteiger partial charge on any atom is 0.233 e. The van der Waals surface area contributed by atoms with Crippen LogP contribution in [0.3, 0.4) is 0 Å². The van der Waals surface area contributed by atoms with Gasteiger partial charge in [0, 0.05) is 17.3 Å². The summed E-state index contributed by atoms with van der Waals surface area (Å²) >= 11 is 1.81. The molecule has 1 aromatic rings. The number of sulfone groups is 1. The molecular weight excluding hydrogens is 366 g/mol. The van der Waals surface area contributed by atoms with Gasteiger partial charge in [-0.25, -0.2) is 8.42 Å². The Morgan fingerprint density at radius 3 is 2.23 bits per heavy atom. The first-order chi connectivity index (χ1) is 12.6. The van der Waals surface area contributed by atoms with E-state index in [1.54, 1.807) is 24.3 Å². The Hall–Kier alpha value is -1.01. The van der Waals surface area contributed by atoms with Crippen LogP contribution in [0.1, 0.15) is 51.4 Å². The highest BCUT2D eigenvalue weighted by Gasteiger charge is 2.47. The van der Waals surface area contributed by atoms with Crippen molar-refractivity contribution >= 4 is 27.5 Å². The molecule has 142 valence electrons. The van der Waals surface area contributed by atoms with Gasteiger partial charge in [-0.3, -0.25) is 4.79 Å². The molecule has 2 bridgehead atoms. The summed E-state index contributed by atoms with van der Waals surface area (Å²) in [7, 11) is -3.31. The fourth-order valence-electron chi connectivity index (χ4n) is 4.91. The number of benzene rings is 1. The predicted octanol–water partition coefficient (Wildman–Crippen LogP) is 3.66. The van der Waals surface area contributed by atoms with Gasteiger partial charge in [0.1, 0.15) is 0 Å². The Balaban J connectivity index is 1.41. The molecule has 4 nitrogen and oxygen atoms in total. The summed E-state index contributed by atoms with van der Waals surface area (Å²) < 4.78 is 25.9. The number of fused-ring (bicyclic) bond motifs is 2. The molecule has 26 heavy (non-hydrogen) atoms. The summed E-state index contributed by atoms with van der Waals surface area (Å²) in [6.07, 6.45) is 8.14. The third-order valence-corrected chi connectivity index (χ3v) is 9.78. The first-order valence-electron chi connectivity index (χ1n) is 9.77. The topological polar surface area (TPSA) is 54.5 Å². The maximum absolute atomic E-state index is 13.0. The SMILES string of the molecule is O=C(CSC1CCCC1)N1[C@H]2CC[C@H]1CC(S(=O)(=O)c1ccccc1)C2. The highest BCUT2D eigenvalue weighted by atomic mass is 32.2. The Labute approximate surface area is 160 Å². The molecule has 0 N–H and O–H groups in total. The van der Waals surface area contributed by atoms with Crippen LogP contribution in [-0.4, -0.2) is 47.6 Å². The molecule has 2 aliphatic heterocycles. The van der Waals surface area contributed by atoms with Crippen LogP contribution >= 0.6 is 11.8 Å². The van der Waals surface area contributed by atoms with Gasteiger partial charge in [-0.05, 0) is 50.7 Å². The van der Waals surface area contributed by atoms with Crippen LogP contribution in [0.2, 0.25) is 0 Å². The van der Waals surface area contributed by atoms with E-state index in [2.05, 4.69) is 0 Å². The zero-order valence-electron chi connectivity index (χ0n) is 15.0. The predicted molar refractivity (Wildman–Crippen MR) is 105 cm³/mol. The quantitative estimate of drug-likeness (QED) is 0.766. The van der Waals surface area contributed by atoms with E-state index < -0.39 is 9.84 Å². The molecule has 1 amide bonds. The average molecular weight is 394 g/mol. The van der Waals surface area contributed by atoms with Crippen LogP contribution in [0, 0.1) is 0 Å². The normalized spacial score (nSPS) is 29.2. The van der Waals surface area contributed by atoms with Crippen LogP contribution in [0.15, 0.2) is 35.2 Å². The highest BCUT2D eigenvalue weighted by molar-refractivity contribution is 8.00. The number of carbonyl (C=O) groups excluding carboxylic acids is 1. The highest BCUT2D eigenvalue weighted by Crippen LogP contribution is 2.40. The molecule has 1 saturated carbocycles. The Bertz CT molecular complexity index is 730. The van der Waals surface area contributed by atoms with Gasteiger partial charge in [0.15, 0.2) is 9.84 Å². The zero-order valence-corrected chi connectivity index (χ0v) is 16.7. The molecule has 0 unspecified atom stereocenters. The van der Waals surface area contributed by atoms with Crippen LogP contribution in [0.5, 0.6) is 0 Å². The molecule has 2 heterocycles. The Kier molecular flexibility index (Phi) is 5.33. The lowest BCUT2D eigenvalue weighted by Crippen LogP contribution is -2.50. The van der Waals surface area contributed by atoms with Gasteiger partial charge in [0.2, 0.25) is 5.91 Å². The first kappa shape index (κ1) is 18.4. The van der Waals surface area contributed by atoms with Crippen molar-refractivity contribution in [2.45, 2.75) is 78.8 Å². The molecule has 3 aliphatic rings. The molecule has 3 fully saturated rings. The number of amides is 1. The van der Waals surface area contributed by atoms with Crippen molar-refractivity contribution in [2.24, 2.45) is 0 Å². The third-order valence-electron chi connectivity index (χ3n) is 6.23. The van der Waals surface area contributed by atoms with Crippen molar-refractivity contribution in [3.05, 3.63) is 30.3 Å². The maximum atomic E-state index is 13.0. The summed E-state index contributed by atoms with van der Waals surface area (Å²) in [5, 5.41) is 0.293. The number of carbonyl (C=O) groups is 1. The molecule has 1 aromatic carbocycles. The van der Waals surface area contributed by atoms with E-state index in [0.29, 0.717) is 28.7 Å². The summed E-state index contributed by atoms with van der Waals surface area (Å²) in [5.41, 5.74) is 0. The second-order valence-electron chi connectivity index (χ2n) is 7.85. The van der Waals surface area contributed by atoms with Crippen LogP contribution < -0.4 is 0 Å². The largest absolute Gasteiger partial charge is 0.336 e. The van der Waals surface area contributed by atoms with Crippen molar-refractivity contribution in [1.82, 2.24) is 4.90 Å². The fourth-order valence-corrected chi connectivity index (χ4v) is 7.98. The lowest BCUT2D eigenvalue weighted by atomic mass is 10.0. The summed E-state index contributed by atoms with van der Waals surface area (Å²) in [6, 6.07) is 8.98. The molecular formula is C20H27NO3S2. The molecule has 0 radical (unpaired) electrons. The standard InChI is InChI=1S/C20H27NO3S2/c22-20(14-25-17-6-4-5-7-17)21-15-10-11-16(21)13-19(12-15)26(23,24)18-8-2-1-3-9-18/h1-3,8-9,15-17,19H,4-7,10-14H2/t15-,16-/m0/s1. The van der Waals surface area contributed by atoms with Crippen LogP contribution in [-0.2, 0) is 14.6 Å². The van der Waals surface area contributed by atoms with Crippen molar-refractivity contribution in [3.63, 3.8) is 0 Å². The lowest BCUT2D eigenvalue weighted by Gasteiger charge is -2.38. The van der Waals surface area contributed by atoms with Crippen molar-refractivity contribution < 1.29 is 13.2 Å². The minimum Gasteiger partial charge on any atom is -0.336 e. The molecule has 2 atom stereocenters. The molecule has 6 heteroatoms. The van der Waals surface area contributed by atoms with Crippen molar-refractivity contribution in [2.75, 3.05) is 5.75 Å². The van der Waals surface area contributed by atoms with E-state index >= 15 is 0 Å². The van der Waals surface area contributed by atoms with Gasteiger partial charge in [-0.15, -0.1) is 11.8 Å². The number of thioether (sulfide) groups is 1. The smallest absolute Gasteiger partial charge is 0.233 e. The van der Waals surface area contributed by atoms with Crippen LogP contribution in [0.25, 0.3) is 0 Å². The summed E-state index contributed by atoms with van der Waals surface area (Å²) in [5.74, 6) is 0.790. The first-order valence-corrected chi connectivity index (χ1v) is 12.4. The van der Waals surface area contributed by atoms with E-state index in [9.17, 15) is 13.2 Å². The Morgan fingerprint density at radius 2 is 1.62 bits per heavy atom. The van der Waals surface area contributed by atoms with Gasteiger partial charge >= 0.3 is 0 Å².